The molecule has 1 aliphatic carbocycles. The van der Waals surface area contributed by atoms with Crippen LogP contribution in [0.15, 0.2) is 48.5 Å². The highest BCUT2D eigenvalue weighted by Gasteiger charge is 2.38. The van der Waals surface area contributed by atoms with Crippen LogP contribution in [0.3, 0.4) is 0 Å². The van der Waals surface area contributed by atoms with Gasteiger partial charge in [0.25, 0.3) is 10.1 Å². The Kier molecular flexibility index (Phi) is 4.34. The molecule has 3 rings (SSSR count). The van der Waals surface area contributed by atoms with Gasteiger partial charge in [0.1, 0.15) is 17.1 Å². The van der Waals surface area contributed by atoms with Crippen molar-refractivity contribution in [1.29, 1.82) is 0 Å². The van der Waals surface area contributed by atoms with Gasteiger partial charge in [0.15, 0.2) is 0 Å². The van der Waals surface area contributed by atoms with Crippen LogP contribution in [0.5, 0.6) is 11.5 Å². The molecule has 2 aromatic carbocycles. The van der Waals surface area contributed by atoms with Crippen LogP contribution in [0.2, 0.25) is 0 Å². The molecule has 0 saturated carbocycles. The third kappa shape index (κ3) is 3.41. The molecule has 0 saturated heterocycles. The highest BCUT2D eigenvalue weighted by Crippen LogP contribution is 2.46. The predicted molar refractivity (Wildman–Crippen MR) is 96.3 cm³/mol. The molecule has 25 heavy (non-hydrogen) atoms. The Morgan fingerprint density at radius 2 is 1.52 bits per heavy atom. The van der Waals surface area contributed by atoms with Gasteiger partial charge in [-0.05, 0) is 54.0 Å². The van der Waals surface area contributed by atoms with E-state index in [0.29, 0.717) is 5.75 Å². The van der Waals surface area contributed by atoms with Crippen LogP contribution in [0.4, 0.5) is 0 Å². The van der Waals surface area contributed by atoms with E-state index in [4.69, 9.17) is 13.7 Å². The van der Waals surface area contributed by atoms with E-state index in [2.05, 4.69) is 0 Å². The summed E-state index contributed by atoms with van der Waals surface area (Å²) in [6, 6.07) is 13.2. The first kappa shape index (κ1) is 17.5. The Bertz CT molecular complexity index is 929. The monoisotopic (exact) mass is 360 g/mol. The summed E-state index contributed by atoms with van der Waals surface area (Å²) < 4.78 is 39.5. The summed E-state index contributed by atoms with van der Waals surface area (Å²) in [4.78, 5) is 0. The molecule has 0 bridgehead atoms. The average Bonchev–Trinajstić information content (AvgIpc) is 2.85. The van der Waals surface area contributed by atoms with Crippen molar-refractivity contribution < 1.29 is 22.1 Å². The van der Waals surface area contributed by atoms with Gasteiger partial charge in [-0.25, -0.2) is 0 Å². The molecule has 0 N–H and O–H groups in total. The zero-order valence-electron chi connectivity index (χ0n) is 14.6. The van der Waals surface area contributed by atoms with Crippen molar-refractivity contribution in [3.63, 3.8) is 0 Å². The molecule has 0 unspecified atom stereocenters. The van der Waals surface area contributed by atoms with Crippen LogP contribution in [0.25, 0.3) is 5.57 Å². The fourth-order valence-corrected chi connectivity index (χ4v) is 3.89. The summed E-state index contributed by atoms with van der Waals surface area (Å²) >= 11 is 0. The van der Waals surface area contributed by atoms with Crippen LogP contribution in [-0.2, 0) is 19.9 Å². The van der Waals surface area contributed by atoms with Gasteiger partial charge in [0, 0.05) is 5.56 Å². The van der Waals surface area contributed by atoms with Gasteiger partial charge >= 0.3 is 0 Å². The van der Waals surface area contributed by atoms with E-state index in [-0.39, 0.29) is 0 Å². The molecule has 0 fully saturated rings. The lowest BCUT2D eigenvalue weighted by Gasteiger charge is -2.23. The first-order chi connectivity index (χ1) is 11.8. The Morgan fingerprint density at radius 1 is 0.920 bits per heavy atom. The van der Waals surface area contributed by atoms with E-state index < -0.39 is 15.7 Å². The molecule has 0 aliphatic heterocycles. The second kappa shape index (κ2) is 6.20. The number of ether oxygens (including phenoxy) is 2. The molecule has 132 valence electrons. The lowest BCUT2D eigenvalue weighted by Crippen LogP contribution is -2.25. The van der Waals surface area contributed by atoms with E-state index >= 15 is 0 Å². The number of rotatable bonds is 5. The van der Waals surface area contributed by atoms with Gasteiger partial charge in [-0.2, -0.15) is 8.42 Å². The van der Waals surface area contributed by atoms with Crippen LogP contribution in [0, 0.1) is 0 Å². The molecule has 6 heteroatoms. The van der Waals surface area contributed by atoms with Crippen LogP contribution >= 0.6 is 0 Å². The van der Waals surface area contributed by atoms with E-state index in [1.807, 2.05) is 48.5 Å². The maximum atomic E-state index is 11.8. The normalized spacial score (nSPS) is 19.3. The summed E-state index contributed by atoms with van der Waals surface area (Å²) in [6.45, 7) is 1.74. The van der Waals surface area contributed by atoms with E-state index in [1.165, 1.54) is 0 Å². The van der Waals surface area contributed by atoms with Gasteiger partial charge in [0.05, 0.1) is 20.5 Å². The highest BCUT2D eigenvalue weighted by atomic mass is 32.2. The standard InChI is InChI=1S/C19H20O5S/c1-19(24-25(4,20)21)12-17(13-5-7-14(22-2)8-6-13)16-10-9-15(23-3)11-18(16)19/h5-12H,1-4H3/t19-/m0/s1. The minimum atomic E-state index is -3.65. The molecule has 1 aliphatic rings. The Balaban J connectivity index is 2.16. The summed E-state index contributed by atoms with van der Waals surface area (Å²) in [6.07, 6.45) is 2.89. The van der Waals surface area contributed by atoms with Gasteiger partial charge in [-0.15, -0.1) is 0 Å². The maximum Gasteiger partial charge on any atom is 0.265 e. The quantitative estimate of drug-likeness (QED) is 0.765. The van der Waals surface area contributed by atoms with E-state index in [9.17, 15) is 8.42 Å². The molecule has 5 nitrogen and oxygen atoms in total. The first-order valence-electron chi connectivity index (χ1n) is 7.72. The zero-order chi connectivity index (χ0) is 18.2. The van der Waals surface area contributed by atoms with Crippen molar-refractivity contribution in [2.45, 2.75) is 12.5 Å². The number of hydrogen-bond acceptors (Lipinski definition) is 5. The Morgan fingerprint density at radius 3 is 2.08 bits per heavy atom. The molecule has 0 heterocycles. The van der Waals surface area contributed by atoms with Crippen molar-refractivity contribution in [1.82, 2.24) is 0 Å². The number of fused-ring (bicyclic) bond motifs is 1. The second-order valence-electron chi connectivity index (χ2n) is 6.09. The Labute approximate surface area is 148 Å². The van der Waals surface area contributed by atoms with Crippen molar-refractivity contribution in [3.8, 4) is 11.5 Å². The molecule has 0 aromatic heterocycles. The number of methoxy groups -OCH3 is 2. The minimum absolute atomic E-state index is 0.645. The SMILES string of the molecule is COc1ccc(C2=C[C@](C)(OS(C)(=O)=O)c3cc(OC)ccc32)cc1. The smallest absolute Gasteiger partial charge is 0.265 e. The zero-order valence-corrected chi connectivity index (χ0v) is 15.4. The molecular formula is C19H20O5S. The number of benzene rings is 2. The van der Waals surface area contributed by atoms with E-state index in [1.54, 1.807) is 21.1 Å². The predicted octanol–water partition coefficient (Wildman–Crippen LogP) is 3.34. The largest absolute Gasteiger partial charge is 0.497 e. The van der Waals surface area contributed by atoms with Gasteiger partial charge < -0.3 is 9.47 Å². The molecule has 0 amide bonds. The molecular weight excluding hydrogens is 340 g/mol. The van der Waals surface area contributed by atoms with E-state index in [0.717, 1.165) is 34.3 Å². The minimum Gasteiger partial charge on any atom is -0.497 e. The second-order valence-corrected chi connectivity index (χ2v) is 7.67. The fraction of sp³-hybridized carbons (Fsp3) is 0.263. The van der Waals surface area contributed by atoms with Crippen LogP contribution < -0.4 is 9.47 Å². The van der Waals surface area contributed by atoms with Crippen molar-refractivity contribution in [2.24, 2.45) is 0 Å². The van der Waals surface area contributed by atoms with Crippen LogP contribution in [-0.4, -0.2) is 28.9 Å². The number of hydrogen-bond donors (Lipinski definition) is 0. The molecule has 2 aromatic rings. The third-order valence-electron chi connectivity index (χ3n) is 4.20. The lowest BCUT2D eigenvalue weighted by molar-refractivity contribution is 0.155. The molecule has 1 atom stereocenters. The van der Waals surface area contributed by atoms with Crippen LogP contribution in [0.1, 0.15) is 23.6 Å². The van der Waals surface area contributed by atoms with Crippen molar-refractivity contribution in [2.75, 3.05) is 20.5 Å². The average molecular weight is 360 g/mol. The molecule has 0 radical (unpaired) electrons. The highest BCUT2D eigenvalue weighted by molar-refractivity contribution is 7.86. The fourth-order valence-electron chi connectivity index (χ4n) is 3.12. The van der Waals surface area contributed by atoms with Gasteiger partial charge in [-0.3, -0.25) is 4.18 Å². The first-order valence-corrected chi connectivity index (χ1v) is 9.54. The summed E-state index contributed by atoms with van der Waals surface area (Å²) in [5.41, 5.74) is 2.44. The van der Waals surface area contributed by atoms with Gasteiger partial charge in [0.2, 0.25) is 0 Å². The summed E-state index contributed by atoms with van der Waals surface area (Å²) in [5.74, 6) is 1.40. The summed E-state index contributed by atoms with van der Waals surface area (Å²) in [7, 11) is -0.464. The maximum absolute atomic E-state index is 11.8. The summed E-state index contributed by atoms with van der Waals surface area (Å²) in [5, 5.41) is 0. The third-order valence-corrected chi connectivity index (χ3v) is 4.85. The lowest BCUT2D eigenvalue weighted by atomic mass is 9.96. The van der Waals surface area contributed by atoms with Crippen molar-refractivity contribution in [3.05, 3.63) is 65.2 Å². The molecule has 0 spiro atoms. The van der Waals surface area contributed by atoms with Crippen molar-refractivity contribution >= 4 is 15.7 Å². The topological polar surface area (TPSA) is 61.8 Å². The Hall–Kier alpha value is -2.31. The van der Waals surface area contributed by atoms with Gasteiger partial charge in [-0.1, -0.05) is 18.2 Å².